The van der Waals surface area contributed by atoms with Crippen molar-refractivity contribution in [1.82, 2.24) is 0 Å². The first-order chi connectivity index (χ1) is 13.3. The number of fused-ring (bicyclic) bond motifs is 1. The standard InChI is InChI=1S/C21H22N2O4S/c1-21(2)16-8-4-5-9-17(16)22(3)18(21)12-15(24)13-27-20(25)14-28-19-10-6-7-11-23(19)26/h4-12H,13-14H2,1-3H3/b18-12+. The lowest BCUT2D eigenvalue weighted by atomic mass is 9.83. The Bertz CT molecular complexity index is 940. The molecular formula is C21H22N2O4S. The number of aromatic nitrogens is 1. The SMILES string of the molecule is CN1/C(=C/C(=O)COC(=O)CSc2cccc[n+]2[O-])C(C)(C)c2ccccc21. The normalized spacial score (nSPS) is 16.1. The average molecular weight is 398 g/mol. The Morgan fingerprint density at radius 2 is 1.93 bits per heavy atom. The third-order valence-electron chi connectivity index (χ3n) is 4.74. The van der Waals surface area contributed by atoms with E-state index in [1.54, 1.807) is 24.3 Å². The number of esters is 1. The second-order valence-electron chi connectivity index (χ2n) is 7.01. The molecule has 0 spiro atoms. The fourth-order valence-electron chi connectivity index (χ4n) is 3.30. The van der Waals surface area contributed by atoms with Gasteiger partial charge in [0.15, 0.2) is 18.6 Å². The van der Waals surface area contributed by atoms with Crippen LogP contribution in [0.15, 0.2) is 65.5 Å². The highest BCUT2D eigenvalue weighted by atomic mass is 32.2. The van der Waals surface area contributed by atoms with Crippen LogP contribution in [0.4, 0.5) is 5.69 Å². The Morgan fingerprint density at radius 1 is 1.21 bits per heavy atom. The summed E-state index contributed by atoms with van der Waals surface area (Å²) in [6, 6.07) is 13.0. The lowest BCUT2D eigenvalue weighted by Gasteiger charge is -2.23. The molecule has 0 atom stereocenters. The molecule has 0 unspecified atom stereocenters. The van der Waals surface area contributed by atoms with Crippen molar-refractivity contribution in [3.63, 3.8) is 0 Å². The van der Waals surface area contributed by atoms with Gasteiger partial charge >= 0.3 is 5.97 Å². The molecule has 1 aliphatic rings. The number of hydrogen-bond donors (Lipinski definition) is 0. The van der Waals surface area contributed by atoms with Gasteiger partial charge < -0.3 is 14.8 Å². The summed E-state index contributed by atoms with van der Waals surface area (Å²) in [5.41, 5.74) is 2.77. The van der Waals surface area contributed by atoms with Crippen LogP contribution >= 0.6 is 11.8 Å². The summed E-state index contributed by atoms with van der Waals surface area (Å²) in [4.78, 5) is 26.3. The minimum atomic E-state index is -0.539. The van der Waals surface area contributed by atoms with Crippen molar-refractivity contribution >= 4 is 29.2 Å². The lowest BCUT2D eigenvalue weighted by Crippen LogP contribution is -2.28. The molecule has 0 bridgehead atoms. The fourth-order valence-corrected chi connectivity index (χ4v) is 4.02. The Labute approximate surface area is 168 Å². The minimum Gasteiger partial charge on any atom is -0.618 e. The van der Waals surface area contributed by atoms with E-state index >= 15 is 0 Å². The van der Waals surface area contributed by atoms with E-state index in [9.17, 15) is 14.8 Å². The molecule has 1 aromatic carbocycles. The van der Waals surface area contributed by atoms with Crippen LogP contribution in [0.1, 0.15) is 19.4 Å². The van der Waals surface area contributed by atoms with Crippen LogP contribution in [-0.2, 0) is 19.7 Å². The number of likely N-dealkylation sites (N-methyl/N-ethyl adjacent to an activating group) is 1. The van der Waals surface area contributed by atoms with Gasteiger partial charge in [-0.3, -0.25) is 9.59 Å². The molecule has 0 saturated heterocycles. The molecule has 28 heavy (non-hydrogen) atoms. The Balaban J connectivity index is 1.58. The number of carbonyl (C=O) groups excluding carboxylic acids is 2. The molecular weight excluding hydrogens is 376 g/mol. The maximum Gasteiger partial charge on any atom is 0.316 e. The summed E-state index contributed by atoms with van der Waals surface area (Å²) in [6.45, 7) is 3.81. The van der Waals surface area contributed by atoms with E-state index < -0.39 is 5.97 Å². The molecule has 0 saturated carbocycles. The zero-order chi connectivity index (χ0) is 20.3. The highest BCUT2D eigenvalue weighted by molar-refractivity contribution is 7.99. The van der Waals surface area contributed by atoms with Crippen molar-refractivity contribution < 1.29 is 19.1 Å². The number of hydrogen-bond acceptors (Lipinski definition) is 6. The van der Waals surface area contributed by atoms with Crippen molar-refractivity contribution in [2.45, 2.75) is 24.3 Å². The van der Waals surface area contributed by atoms with Gasteiger partial charge in [0.05, 0.1) is 0 Å². The number of ether oxygens (including phenoxy) is 1. The van der Waals surface area contributed by atoms with Crippen molar-refractivity contribution in [2.75, 3.05) is 24.3 Å². The largest absolute Gasteiger partial charge is 0.618 e. The molecule has 1 aromatic heterocycles. The molecule has 0 radical (unpaired) electrons. The number of carbonyl (C=O) groups is 2. The zero-order valence-electron chi connectivity index (χ0n) is 16.0. The first kappa shape index (κ1) is 19.9. The van der Waals surface area contributed by atoms with E-state index in [2.05, 4.69) is 19.9 Å². The van der Waals surface area contributed by atoms with Gasteiger partial charge in [0.1, 0.15) is 5.75 Å². The number of pyridine rings is 1. The topological polar surface area (TPSA) is 73.5 Å². The van der Waals surface area contributed by atoms with Gasteiger partial charge in [-0.05, 0) is 29.5 Å². The van der Waals surface area contributed by atoms with Gasteiger partial charge in [-0.1, -0.05) is 32.0 Å². The van der Waals surface area contributed by atoms with Gasteiger partial charge in [0.2, 0.25) is 0 Å². The molecule has 2 heterocycles. The lowest BCUT2D eigenvalue weighted by molar-refractivity contribution is -0.645. The van der Waals surface area contributed by atoms with Gasteiger partial charge in [0.25, 0.3) is 5.03 Å². The summed E-state index contributed by atoms with van der Waals surface area (Å²) in [6.07, 6.45) is 2.91. The molecule has 0 aliphatic carbocycles. The van der Waals surface area contributed by atoms with E-state index in [1.165, 1.54) is 6.20 Å². The number of anilines is 1. The number of nitrogens with zero attached hydrogens (tertiary/aromatic N) is 2. The molecule has 0 fully saturated rings. The fraction of sp³-hybridized carbons (Fsp3) is 0.286. The monoisotopic (exact) mass is 398 g/mol. The quantitative estimate of drug-likeness (QED) is 0.245. The zero-order valence-corrected chi connectivity index (χ0v) is 16.9. The number of benzene rings is 1. The first-order valence-corrected chi connectivity index (χ1v) is 9.84. The number of para-hydroxylation sites is 1. The van der Waals surface area contributed by atoms with Crippen molar-refractivity contribution in [3.8, 4) is 0 Å². The Morgan fingerprint density at radius 3 is 2.64 bits per heavy atom. The molecule has 1 aliphatic heterocycles. The second kappa shape index (κ2) is 8.06. The van der Waals surface area contributed by atoms with Crippen LogP contribution < -0.4 is 9.63 Å². The van der Waals surface area contributed by atoms with Crippen LogP contribution in [0, 0.1) is 5.21 Å². The molecule has 2 aromatic rings. The van der Waals surface area contributed by atoms with E-state index in [0.29, 0.717) is 9.76 Å². The molecule has 0 N–H and O–H groups in total. The van der Waals surface area contributed by atoms with Crippen molar-refractivity contribution in [1.29, 1.82) is 0 Å². The van der Waals surface area contributed by atoms with E-state index in [4.69, 9.17) is 4.74 Å². The summed E-state index contributed by atoms with van der Waals surface area (Å²) < 4.78 is 5.76. The van der Waals surface area contributed by atoms with Crippen LogP contribution in [0.5, 0.6) is 0 Å². The maximum atomic E-state index is 12.4. The first-order valence-electron chi connectivity index (χ1n) is 8.85. The predicted molar refractivity (Wildman–Crippen MR) is 108 cm³/mol. The smallest absolute Gasteiger partial charge is 0.316 e. The van der Waals surface area contributed by atoms with Crippen molar-refractivity contribution in [2.24, 2.45) is 0 Å². The summed E-state index contributed by atoms with van der Waals surface area (Å²) in [5.74, 6) is -0.852. The highest BCUT2D eigenvalue weighted by Crippen LogP contribution is 2.46. The summed E-state index contributed by atoms with van der Waals surface area (Å²) in [5, 5.41) is 12.0. The van der Waals surface area contributed by atoms with Crippen LogP contribution in [0.25, 0.3) is 0 Å². The maximum absolute atomic E-state index is 12.4. The van der Waals surface area contributed by atoms with Gasteiger partial charge in [-0.15, -0.1) is 0 Å². The molecule has 7 heteroatoms. The predicted octanol–water partition coefficient (Wildman–Crippen LogP) is 2.84. The van der Waals surface area contributed by atoms with Crippen LogP contribution in [0.3, 0.4) is 0 Å². The van der Waals surface area contributed by atoms with Crippen molar-refractivity contribution in [3.05, 3.63) is 71.2 Å². The second-order valence-corrected chi connectivity index (χ2v) is 8.01. The van der Waals surface area contributed by atoms with Gasteiger partial charge in [0, 0.05) is 42.1 Å². The van der Waals surface area contributed by atoms with Gasteiger partial charge in [-0.2, -0.15) is 4.73 Å². The average Bonchev–Trinajstić information content (AvgIpc) is 2.87. The number of allylic oxidation sites excluding steroid dienone is 1. The van der Waals surface area contributed by atoms with Crippen LogP contribution in [-0.4, -0.2) is 31.2 Å². The van der Waals surface area contributed by atoms with E-state index in [-0.39, 0.29) is 23.6 Å². The Hall–Kier alpha value is -2.80. The molecule has 146 valence electrons. The van der Waals surface area contributed by atoms with E-state index in [0.717, 1.165) is 28.7 Å². The highest BCUT2D eigenvalue weighted by Gasteiger charge is 2.38. The number of ketones is 1. The number of rotatable bonds is 6. The molecule has 6 nitrogen and oxygen atoms in total. The van der Waals surface area contributed by atoms with E-state index in [1.807, 2.05) is 30.1 Å². The van der Waals surface area contributed by atoms with Crippen LogP contribution in [0.2, 0.25) is 0 Å². The third kappa shape index (κ3) is 4.04. The summed E-state index contributed by atoms with van der Waals surface area (Å²) in [7, 11) is 1.92. The minimum absolute atomic E-state index is 0.0348. The molecule has 3 rings (SSSR count). The van der Waals surface area contributed by atoms with Gasteiger partial charge in [-0.25, -0.2) is 0 Å². The number of thioether (sulfide) groups is 1. The Kier molecular flexibility index (Phi) is 5.74. The third-order valence-corrected chi connectivity index (χ3v) is 5.73. The summed E-state index contributed by atoms with van der Waals surface area (Å²) >= 11 is 1.07. The molecule has 0 amide bonds.